The zero-order valence-electron chi connectivity index (χ0n) is 11.8. The van der Waals surface area contributed by atoms with Crippen LogP contribution in [0.3, 0.4) is 0 Å². The van der Waals surface area contributed by atoms with Crippen LogP contribution >= 0.6 is 0 Å². The molecule has 1 amide bonds. The van der Waals surface area contributed by atoms with Crippen molar-refractivity contribution < 1.29 is 9.53 Å². The molecule has 0 aromatic heterocycles. The summed E-state index contributed by atoms with van der Waals surface area (Å²) in [4.78, 5) is 12.0. The average Bonchev–Trinajstić information content (AvgIpc) is 2.33. The summed E-state index contributed by atoms with van der Waals surface area (Å²) in [6.07, 6.45) is 0.851. The number of rotatable bonds is 6. The van der Waals surface area contributed by atoms with E-state index in [0.29, 0.717) is 13.2 Å². The molecule has 0 unspecified atom stereocenters. The molecule has 1 rings (SSSR count). The minimum atomic E-state index is 0.00657. The molecule has 0 aliphatic heterocycles. The SMILES string of the molecule is CCOCCCNC(=O)c1cc(C)c(C)cc1C. The molecule has 0 atom stereocenters. The lowest BCUT2D eigenvalue weighted by Crippen LogP contribution is -2.26. The van der Waals surface area contributed by atoms with Crippen LogP contribution in [0, 0.1) is 20.8 Å². The van der Waals surface area contributed by atoms with Gasteiger partial charge in [-0.2, -0.15) is 0 Å². The van der Waals surface area contributed by atoms with E-state index in [0.717, 1.165) is 29.7 Å². The lowest BCUT2D eigenvalue weighted by molar-refractivity contribution is 0.0943. The molecule has 0 aliphatic rings. The van der Waals surface area contributed by atoms with Crippen LogP contribution in [0.25, 0.3) is 0 Å². The Morgan fingerprint density at radius 3 is 2.50 bits per heavy atom. The first-order valence-corrected chi connectivity index (χ1v) is 6.50. The van der Waals surface area contributed by atoms with E-state index in [9.17, 15) is 4.79 Å². The van der Waals surface area contributed by atoms with Gasteiger partial charge in [-0.3, -0.25) is 4.79 Å². The van der Waals surface area contributed by atoms with Crippen LogP contribution in [0.5, 0.6) is 0 Å². The van der Waals surface area contributed by atoms with E-state index in [1.54, 1.807) is 0 Å². The maximum atomic E-state index is 12.0. The molecular formula is C15H23NO2. The molecule has 100 valence electrons. The Balaban J connectivity index is 2.54. The molecular weight excluding hydrogens is 226 g/mol. The summed E-state index contributed by atoms with van der Waals surface area (Å²) < 4.78 is 5.23. The molecule has 0 bridgehead atoms. The van der Waals surface area contributed by atoms with E-state index < -0.39 is 0 Å². The summed E-state index contributed by atoms with van der Waals surface area (Å²) in [7, 11) is 0. The molecule has 1 aromatic rings. The van der Waals surface area contributed by atoms with E-state index in [-0.39, 0.29) is 5.91 Å². The zero-order chi connectivity index (χ0) is 13.5. The maximum Gasteiger partial charge on any atom is 0.251 e. The van der Waals surface area contributed by atoms with Gasteiger partial charge in [-0.1, -0.05) is 6.07 Å². The lowest BCUT2D eigenvalue weighted by Gasteiger charge is -2.10. The third kappa shape index (κ3) is 4.15. The Bertz CT molecular complexity index is 413. The van der Waals surface area contributed by atoms with Gasteiger partial charge in [0.05, 0.1) is 0 Å². The summed E-state index contributed by atoms with van der Waals surface area (Å²) in [5.41, 5.74) is 4.18. The highest BCUT2D eigenvalue weighted by Gasteiger charge is 2.09. The van der Waals surface area contributed by atoms with Crippen LogP contribution in [0.2, 0.25) is 0 Å². The molecule has 0 aliphatic carbocycles. The Kier molecular flexibility index (Phi) is 5.86. The molecule has 0 fully saturated rings. The maximum absolute atomic E-state index is 12.0. The van der Waals surface area contributed by atoms with Gasteiger partial charge in [-0.05, 0) is 56.9 Å². The second-order valence-corrected chi connectivity index (χ2v) is 4.56. The average molecular weight is 249 g/mol. The third-order valence-corrected chi connectivity index (χ3v) is 3.04. The number of ether oxygens (including phenoxy) is 1. The topological polar surface area (TPSA) is 38.3 Å². The monoisotopic (exact) mass is 249 g/mol. The molecule has 0 saturated carbocycles. The number of hydrogen-bond donors (Lipinski definition) is 1. The largest absolute Gasteiger partial charge is 0.382 e. The highest BCUT2D eigenvalue weighted by molar-refractivity contribution is 5.95. The molecule has 3 nitrogen and oxygen atoms in total. The Morgan fingerprint density at radius 2 is 1.83 bits per heavy atom. The van der Waals surface area contributed by atoms with Gasteiger partial charge in [-0.25, -0.2) is 0 Å². The Labute approximate surface area is 110 Å². The lowest BCUT2D eigenvalue weighted by atomic mass is 10.0. The zero-order valence-corrected chi connectivity index (χ0v) is 11.8. The fourth-order valence-corrected chi connectivity index (χ4v) is 1.82. The molecule has 0 radical (unpaired) electrons. The second kappa shape index (κ2) is 7.17. The number of benzene rings is 1. The highest BCUT2D eigenvalue weighted by atomic mass is 16.5. The second-order valence-electron chi connectivity index (χ2n) is 4.56. The first-order valence-electron chi connectivity index (χ1n) is 6.50. The minimum Gasteiger partial charge on any atom is -0.382 e. The van der Waals surface area contributed by atoms with Crippen LogP contribution in [-0.2, 0) is 4.74 Å². The minimum absolute atomic E-state index is 0.00657. The van der Waals surface area contributed by atoms with Crippen LogP contribution in [0.15, 0.2) is 12.1 Å². The summed E-state index contributed by atoms with van der Waals surface area (Å²) in [5.74, 6) is 0.00657. The summed E-state index contributed by atoms with van der Waals surface area (Å²) in [5, 5.41) is 2.93. The van der Waals surface area contributed by atoms with Crippen molar-refractivity contribution in [3.63, 3.8) is 0 Å². The van der Waals surface area contributed by atoms with Crippen LogP contribution in [0.1, 0.15) is 40.4 Å². The van der Waals surface area contributed by atoms with Crippen molar-refractivity contribution in [2.75, 3.05) is 19.8 Å². The molecule has 0 spiro atoms. The van der Waals surface area contributed by atoms with Crippen molar-refractivity contribution in [2.45, 2.75) is 34.1 Å². The molecule has 0 heterocycles. The summed E-state index contributed by atoms with van der Waals surface area (Å²) in [6, 6.07) is 4.02. The van der Waals surface area contributed by atoms with Gasteiger partial charge < -0.3 is 10.1 Å². The van der Waals surface area contributed by atoms with Crippen LogP contribution in [0.4, 0.5) is 0 Å². The van der Waals surface area contributed by atoms with E-state index >= 15 is 0 Å². The van der Waals surface area contributed by atoms with Gasteiger partial charge in [0.25, 0.3) is 5.91 Å². The van der Waals surface area contributed by atoms with Crippen molar-refractivity contribution in [1.29, 1.82) is 0 Å². The van der Waals surface area contributed by atoms with Crippen molar-refractivity contribution in [3.05, 3.63) is 34.4 Å². The standard InChI is InChI=1S/C15H23NO2/c1-5-18-8-6-7-16-15(17)14-10-12(3)11(2)9-13(14)4/h9-10H,5-8H2,1-4H3,(H,16,17). The van der Waals surface area contributed by atoms with Crippen molar-refractivity contribution in [1.82, 2.24) is 5.32 Å². The van der Waals surface area contributed by atoms with Gasteiger partial charge in [0, 0.05) is 25.3 Å². The third-order valence-electron chi connectivity index (χ3n) is 3.04. The number of carbonyl (C=O) groups is 1. The summed E-state index contributed by atoms with van der Waals surface area (Å²) in [6.45, 7) is 10.1. The Morgan fingerprint density at radius 1 is 1.17 bits per heavy atom. The summed E-state index contributed by atoms with van der Waals surface area (Å²) >= 11 is 0. The molecule has 1 aromatic carbocycles. The highest BCUT2D eigenvalue weighted by Crippen LogP contribution is 2.15. The van der Waals surface area contributed by atoms with E-state index in [4.69, 9.17) is 4.74 Å². The fourth-order valence-electron chi connectivity index (χ4n) is 1.82. The van der Waals surface area contributed by atoms with Gasteiger partial charge in [0.2, 0.25) is 0 Å². The molecule has 1 N–H and O–H groups in total. The van der Waals surface area contributed by atoms with Crippen LogP contribution in [-0.4, -0.2) is 25.7 Å². The number of hydrogen-bond acceptors (Lipinski definition) is 2. The van der Waals surface area contributed by atoms with E-state index in [1.165, 1.54) is 5.56 Å². The normalized spacial score (nSPS) is 10.4. The predicted octanol–water partition coefficient (Wildman–Crippen LogP) is 2.77. The Hall–Kier alpha value is -1.35. The molecule has 18 heavy (non-hydrogen) atoms. The van der Waals surface area contributed by atoms with Gasteiger partial charge in [0.1, 0.15) is 0 Å². The van der Waals surface area contributed by atoms with Crippen molar-refractivity contribution >= 4 is 5.91 Å². The van der Waals surface area contributed by atoms with Gasteiger partial charge in [0.15, 0.2) is 0 Å². The van der Waals surface area contributed by atoms with E-state index in [1.807, 2.05) is 26.8 Å². The van der Waals surface area contributed by atoms with Crippen molar-refractivity contribution in [2.24, 2.45) is 0 Å². The molecule has 3 heteroatoms. The smallest absolute Gasteiger partial charge is 0.251 e. The van der Waals surface area contributed by atoms with Crippen molar-refractivity contribution in [3.8, 4) is 0 Å². The first kappa shape index (κ1) is 14.7. The molecule has 0 saturated heterocycles. The van der Waals surface area contributed by atoms with Crippen LogP contribution < -0.4 is 5.32 Å². The first-order chi connectivity index (χ1) is 8.56. The number of amides is 1. The van der Waals surface area contributed by atoms with Gasteiger partial charge in [-0.15, -0.1) is 0 Å². The number of carbonyl (C=O) groups excluding carboxylic acids is 1. The quantitative estimate of drug-likeness (QED) is 0.787. The predicted molar refractivity (Wildman–Crippen MR) is 74.1 cm³/mol. The number of aryl methyl sites for hydroxylation is 3. The van der Waals surface area contributed by atoms with Gasteiger partial charge >= 0.3 is 0 Å². The van der Waals surface area contributed by atoms with E-state index in [2.05, 4.69) is 18.3 Å². The fraction of sp³-hybridized carbons (Fsp3) is 0.533. The number of nitrogens with one attached hydrogen (secondary N) is 1.